The molecule has 3 aromatic rings. The minimum absolute atomic E-state index is 0.114. The van der Waals surface area contributed by atoms with Gasteiger partial charge in [0.05, 0.1) is 10.9 Å². The van der Waals surface area contributed by atoms with Crippen LogP contribution in [-0.4, -0.2) is 69.9 Å². The van der Waals surface area contributed by atoms with E-state index in [1.54, 1.807) is 11.8 Å². The third kappa shape index (κ3) is 5.31. The summed E-state index contributed by atoms with van der Waals surface area (Å²) in [5.41, 5.74) is -1.80. The number of hydrogen-bond donors (Lipinski definition) is 3. The molecule has 0 radical (unpaired) electrons. The van der Waals surface area contributed by atoms with Gasteiger partial charge in [-0.25, -0.2) is 13.6 Å². The van der Waals surface area contributed by atoms with Crippen LogP contribution in [0.4, 0.5) is 32.3 Å². The van der Waals surface area contributed by atoms with Gasteiger partial charge in [0, 0.05) is 52.0 Å². The van der Waals surface area contributed by atoms with E-state index in [1.165, 1.54) is 4.57 Å². The molecule has 1 fully saturated rings. The Morgan fingerprint density at radius 2 is 1.55 bits per heavy atom. The van der Waals surface area contributed by atoms with Gasteiger partial charge in [0.1, 0.15) is 17.1 Å². The van der Waals surface area contributed by atoms with E-state index in [0.29, 0.717) is 44.0 Å². The van der Waals surface area contributed by atoms with E-state index < -0.39 is 28.6 Å². The number of piperazine rings is 1. The average Bonchev–Trinajstić information content (AvgIpc) is 2.91. The molecule has 11 nitrogen and oxygen atoms in total. The van der Waals surface area contributed by atoms with Crippen molar-refractivity contribution in [2.24, 2.45) is 0 Å². The Morgan fingerprint density at radius 3 is 2.08 bits per heavy atom. The van der Waals surface area contributed by atoms with Crippen molar-refractivity contribution in [2.45, 2.75) is 40.2 Å². The van der Waals surface area contributed by atoms with E-state index >= 15 is 8.78 Å². The van der Waals surface area contributed by atoms with Crippen molar-refractivity contribution in [3.8, 4) is 0 Å². The molecule has 0 bridgehead atoms. The smallest absolute Gasteiger partial charge is 0.341 e. The molecule has 1 saturated heterocycles. The maximum absolute atomic E-state index is 15.8. The number of aromatic nitrogens is 4. The topological polar surface area (TPSA) is 129 Å². The van der Waals surface area contributed by atoms with Crippen LogP contribution in [0.5, 0.6) is 0 Å². The average molecular weight is 531 g/mol. The number of carbonyl (C=O) groups is 1. The zero-order valence-electron chi connectivity index (χ0n) is 21.7. The van der Waals surface area contributed by atoms with Gasteiger partial charge in [-0.15, -0.1) is 0 Å². The van der Waals surface area contributed by atoms with Crippen molar-refractivity contribution in [3.05, 3.63) is 39.7 Å². The Balaban J connectivity index is 1.63. The summed E-state index contributed by atoms with van der Waals surface area (Å²) >= 11 is 0. The van der Waals surface area contributed by atoms with Crippen LogP contribution in [0.15, 0.2) is 17.1 Å². The fourth-order valence-electron chi connectivity index (χ4n) is 4.44. The summed E-state index contributed by atoms with van der Waals surface area (Å²) in [7, 11) is 0. The SMILES string of the molecule is CCCNc1nc(NCCC)nc(N2CCN(c3c(F)cc4c(=O)c(C(=O)O)cn(CC)c4c3F)CC2)n1. The lowest BCUT2D eigenvalue weighted by Gasteiger charge is -2.36. The summed E-state index contributed by atoms with van der Waals surface area (Å²) in [5.74, 6) is -1.85. The highest BCUT2D eigenvalue weighted by atomic mass is 19.1. The number of halogens is 2. The second-order valence-electron chi connectivity index (χ2n) is 8.99. The van der Waals surface area contributed by atoms with Crippen LogP contribution in [0.25, 0.3) is 10.9 Å². The summed E-state index contributed by atoms with van der Waals surface area (Å²) in [6.07, 6.45) is 2.92. The fraction of sp³-hybridized carbons (Fsp3) is 0.480. The van der Waals surface area contributed by atoms with E-state index in [2.05, 4.69) is 25.6 Å². The summed E-state index contributed by atoms with van der Waals surface area (Å²) in [6, 6.07) is 0.935. The molecule has 0 unspecified atom stereocenters. The second kappa shape index (κ2) is 11.6. The van der Waals surface area contributed by atoms with E-state index in [-0.39, 0.29) is 36.2 Å². The summed E-state index contributed by atoms with van der Waals surface area (Å²) in [5, 5.41) is 15.4. The predicted octanol–water partition coefficient (Wildman–Crippen LogP) is 3.15. The van der Waals surface area contributed by atoms with Gasteiger partial charge in [0.15, 0.2) is 5.82 Å². The maximum atomic E-state index is 15.8. The Kier molecular flexibility index (Phi) is 8.23. The minimum atomic E-state index is -1.44. The first-order valence-corrected chi connectivity index (χ1v) is 12.8. The quantitative estimate of drug-likeness (QED) is 0.360. The minimum Gasteiger partial charge on any atom is -0.477 e. The van der Waals surface area contributed by atoms with Crippen LogP contribution in [-0.2, 0) is 6.54 Å². The van der Waals surface area contributed by atoms with Gasteiger partial charge in [0.2, 0.25) is 23.3 Å². The first kappa shape index (κ1) is 27.0. The monoisotopic (exact) mass is 530 g/mol. The van der Waals surface area contributed by atoms with Crippen molar-refractivity contribution in [1.29, 1.82) is 0 Å². The highest BCUT2D eigenvalue weighted by Gasteiger charge is 2.28. The lowest BCUT2D eigenvalue weighted by molar-refractivity contribution is 0.0694. The number of aromatic carboxylic acids is 1. The third-order valence-corrected chi connectivity index (χ3v) is 6.37. The number of pyridine rings is 1. The van der Waals surface area contributed by atoms with Crippen LogP contribution in [0.2, 0.25) is 0 Å². The second-order valence-corrected chi connectivity index (χ2v) is 8.99. The molecule has 204 valence electrons. The van der Waals surface area contributed by atoms with Crippen molar-refractivity contribution in [1.82, 2.24) is 19.5 Å². The number of carboxylic acids is 1. The molecule has 1 aliphatic rings. The van der Waals surface area contributed by atoms with E-state index in [1.807, 2.05) is 18.7 Å². The first-order valence-electron chi connectivity index (χ1n) is 12.8. The van der Waals surface area contributed by atoms with E-state index in [0.717, 1.165) is 25.1 Å². The molecule has 38 heavy (non-hydrogen) atoms. The number of carboxylic acid groups (broad SMARTS) is 1. The van der Waals surface area contributed by atoms with Crippen molar-refractivity contribution < 1.29 is 18.7 Å². The molecule has 3 N–H and O–H groups in total. The number of nitrogens with zero attached hydrogens (tertiary/aromatic N) is 6. The zero-order valence-corrected chi connectivity index (χ0v) is 21.7. The lowest BCUT2D eigenvalue weighted by Crippen LogP contribution is -2.48. The number of fused-ring (bicyclic) bond motifs is 1. The molecule has 0 atom stereocenters. The molecule has 0 saturated carbocycles. The highest BCUT2D eigenvalue weighted by Crippen LogP contribution is 2.31. The molecule has 0 aliphatic carbocycles. The molecule has 3 heterocycles. The number of aryl methyl sites for hydroxylation is 1. The maximum Gasteiger partial charge on any atom is 0.341 e. The standard InChI is InChI=1S/C25H32F2N8O3/c1-4-7-28-23-30-24(29-8-5-2)32-25(31-23)35-11-9-34(10-12-35)20-17(26)13-15-19(18(20)27)33(6-3)14-16(21(15)36)22(37)38/h13-14H,4-12H2,1-3H3,(H,37,38)(H2,28,29,30,31,32). The van der Waals surface area contributed by atoms with Crippen LogP contribution >= 0.6 is 0 Å². The van der Waals surface area contributed by atoms with Gasteiger partial charge in [-0.3, -0.25) is 4.79 Å². The zero-order chi connectivity index (χ0) is 27.4. The van der Waals surface area contributed by atoms with Crippen molar-refractivity contribution >= 4 is 40.4 Å². The largest absolute Gasteiger partial charge is 0.477 e. The molecule has 4 rings (SSSR count). The summed E-state index contributed by atoms with van der Waals surface area (Å²) in [4.78, 5) is 41.1. The molecular weight excluding hydrogens is 498 g/mol. The van der Waals surface area contributed by atoms with Gasteiger partial charge in [-0.2, -0.15) is 15.0 Å². The Labute approximate surface area is 218 Å². The Hall–Kier alpha value is -4.03. The first-order chi connectivity index (χ1) is 18.3. The number of benzene rings is 1. The van der Waals surface area contributed by atoms with E-state index in [9.17, 15) is 14.7 Å². The molecule has 13 heteroatoms. The Bertz CT molecular complexity index is 1360. The molecular formula is C25H32F2N8O3. The number of nitrogens with one attached hydrogen (secondary N) is 2. The molecule has 1 aliphatic heterocycles. The van der Waals surface area contributed by atoms with Crippen LogP contribution in [0.3, 0.4) is 0 Å². The number of anilines is 4. The van der Waals surface area contributed by atoms with Gasteiger partial charge >= 0.3 is 5.97 Å². The van der Waals surface area contributed by atoms with Gasteiger partial charge in [0.25, 0.3) is 0 Å². The predicted molar refractivity (Wildman–Crippen MR) is 143 cm³/mol. The van der Waals surface area contributed by atoms with E-state index in [4.69, 9.17) is 0 Å². The number of hydrogen-bond acceptors (Lipinski definition) is 9. The molecule has 1 aromatic carbocycles. The van der Waals surface area contributed by atoms with Crippen LogP contribution in [0, 0.1) is 11.6 Å². The number of rotatable bonds is 10. The third-order valence-electron chi connectivity index (χ3n) is 6.37. The fourth-order valence-corrected chi connectivity index (χ4v) is 4.44. The van der Waals surface area contributed by atoms with Crippen LogP contribution < -0.4 is 25.9 Å². The summed E-state index contributed by atoms with van der Waals surface area (Å²) in [6.45, 7) is 8.77. The molecule has 0 amide bonds. The lowest BCUT2D eigenvalue weighted by atomic mass is 10.1. The van der Waals surface area contributed by atoms with Gasteiger partial charge in [-0.1, -0.05) is 13.8 Å². The molecule has 2 aromatic heterocycles. The normalized spacial score (nSPS) is 13.7. The van der Waals surface area contributed by atoms with Gasteiger partial charge in [-0.05, 0) is 25.8 Å². The van der Waals surface area contributed by atoms with Crippen molar-refractivity contribution in [3.63, 3.8) is 0 Å². The molecule has 0 spiro atoms. The van der Waals surface area contributed by atoms with Gasteiger partial charge < -0.3 is 30.1 Å². The Morgan fingerprint density at radius 1 is 0.974 bits per heavy atom. The summed E-state index contributed by atoms with van der Waals surface area (Å²) < 4.78 is 32.3. The van der Waals surface area contributed by atoms with Crippen molar-refractivity contribution in [2.75, 3.05) is 59.7 Å². The van der Waals surface area contributed by atoms with Crippen LogP contribution in [0.1, 0.15) is 44.0 Å². The highest BCUT2D eigenvalue weighted by molar-refractivity contribution is 5.93.